The predicted molar refractivity (Wildman–Crippen MR) is 57.4 cm³/mol. The Morgan fingerprint density at radius 1 is 1.57 bits per heavy atom. The smallest absolute Gasteiger partial charge is 0.0757 e. The lowest BCUT2D eigenvalue weighted by molar-refractivity contribution is -0.133. The molecule has 1 heterocycles. The van der Waals surface area contributed by atoms with Gasteiger partial charge in [0.1, 0.15) is 0 Å². The van der Waals surface area contributed by atoms with Crippen LogP contribution in [0.1, 0.15) is 34.1 Å². The summed E-state index contributed by atoms with van der Waals surface area (Å²) in [5.74, 6) is 0. The molecule has 1 aliphatic rings. The van der Waals surface area contributed by atoms with Crippen molar-refractivity contribution in [1.29, 1.82) is 0 Å². The van der Waals surface area contributed by atoms with Crippen molar-refractivity contribution in [2.45, 2.75) is 51.9 Å². The largest absolute Gasteiger partial charge is 0.392 e. The highest BCUT2D eigenvalue weighted by atomic mass is 16.5. The van der Waals surface area contributed by atoms with Crippen molar-refractivity contribution in [3.63, 3.8) is 0 Å². The third kappa shape index (κ3) is 3.56. The van der Waals surface area contributed by atoms with Gasteiger partial charge in [0, 0.05) is 19.6 Å². The zero-order chi connectivity index (χ0) is 10.8. The molecule has 0 saturated carbocycles. The van der Waals surface area contributed by atoms with Crippen LogP contribution in [0, 0.1) is 0 Å². The molecule has 1 rings (SSSR count). The minimum absolute atomic E-state index is 0.0782. The van der Waals surface area contributed by atoms with Crippen LogP contribution in [0.2, 0.25) is 0 Å². The molecule has 2 unspecified atom stereocenters. The van der Waals surface area contributed by atoms with Crippen molar-refractivity contribution >= 4 is 0 Å². The Bertz CT molecular complexity index is 182. The fraction of sp³-hybridized carbons (Fsp3) is 1.00. The molecular weight excluding hydrogens is 178 g/mol. The zero-order valence-electron chi connectivity index (χ0n) is 9.79. The van der Waals surface area contributed by atoms with E-state index < -0.39 is 0 Å². The molecule has 0 aliphatic carbocycles. The van der Waals surface area contributed by atoms with Crippen molar-refractivity contribution in [3.8, 4) is 0 Å². The molecule has 3 heteroatoms. The Hall–Kier alpha value is -0.120. The summed E-state index contributed by atoms with van der Waals surface area (Å²) in [7, 11) is 0. The Kier molecular flexibility index (Phi) is 3.93. The quantitative estimate of drug-likeness (QED) is 0.746. The molecular formula is C11H23NO2. The van der Waals surface area contributed by atoms with Crippen molar-refractivity contribution in [1.82, 2.24) is 4.90 Å². The minimum atomic E-state index is -0.198. The molecule has 0 bridgehead atoms. The monoisotopic (exact) mass is 201 g/mol. The lowest BCUT2D eigenvalue weighted by Gasteiger charge is -2.42. The van der Waals surface area contributed by atoms with Crippen LogP contribution in [-0.2, 0) is 4.74 Å². The summed E-state index contributed by atoms with van der Waals surface area (Å²) < 4.78 is 5.80. The summed E-state index contributed by atoms with van der Waals surface area (Å²) in [6.45, 7) is 10.9. The number of hydrogen-bond donors (Lipinski definition) is 1. The Morgan fingerprint density at radius 2 is 2.21 bits per heavy atom. The number of morpholine rings is 1. The summed E-state index contributed by atoms with van der Waals surface area (Å²) in [5, 5.41) is 9.58. The van der Waals surface area contributed by atoms with E-state index in [9.17, 15) is 5.11 Å². The molecule has 2 atom stereocenters. The maximum absolute atomic E-state index is 9.58. The maximum Gasteiger partial charge on any atom is 0.0757 e. The van der Waals surface area contributed by atoms with Crippen LogP contribution >= 0.6 is 0 Å². The topological polar surface area (TPSA) is 32.7 Å². The molecule has 0 aromatic rings. The molecule has 1 fully saturated rings. The summed E-state index contributed by atoms with van der Waals surface area (Å²) in [5.41, 5.74) is -0.0782. The third-order valence-corrected chi connectivity index (χ3v) is 2.58. The second-order valence-corrected chi connectivity index (χ2v) is 4.94. The maximum atomic E-state index is 9.58. The number of β-amino-alcohol motifs (C(OH)–C–C–N with tert-alkyl or cyclic N) is 1. The summed E-state index contributed by atoms with van der Waals surface area (Å²) in [6, 6.07) is 0. The van der Waals surface area contributed by atoms with E-state index in [1.54, 1.807) is 0 Å². The lowest BCUT2D eigenvalue weighted by atomic mass is 10.0. The number of rotatable bonds is 3. The average molecular weight is 201 g/mol. The first-order valence-electron chi connectivity index (χ1n) is 5.51. The van der Waals surface area contributed by atoms with E-state index in [0.29, 0.717) is 0 Å². The van der Waals surface area contributed by atoms with E-state index in [-0.39, 0.29) is 17.8 Å². The number of ether oxygens (including phenoxy) is 1. The molecule has 1 aliphatic heterocycles. The van der Waals surface area contributed by atoms with Crippen LogP contribution in [0.3, 0.4) is 0 Å². The van der Waals surface area contributed by atoms with E-state index in [1.165, 1.54) is 0 Å². The highest BCUT2D eigenvalue weighted by Crippen LogP contribution is 2.20. The van der Waals surface area contributed by atoms with Crippen LogP contribution in [0.15, 0.2) is 0 Å². The van der Waals surface area contributed by atoms with Gasteiger partial charge >= 0.3 is 0 Å². The first-order chi connectivity index (χ1) is 6.43. The van der Waals surface area contributed by atoms with Gasteiger partial charge in [0.2, 0.25) is 0 Å². The molecule has 0 radical (unpaired) electrons. The SMILES string of the molecule is CCC(O)CN1CC(C)OC(C)(C)C1. The normalized spacial score (nSPS) is 30.2. The van der Waals surface area contributed by atoms with Crippen molar-refractivity contribution in [2.75, 3.05) is 19.6 Å². The van der Waals surface area contributed by atoms with Gasteiger partial charge < -0.3 is 9.84 Å². The minimum Gasteiger partial charge on any atom is -0.392 e. The average Bonchev–Trinajstić information content (AvgIpc) is 1.99. The standard InChI is InChI=1S/C11H23NO2/c1-5-10(13)7-12-6-9(2)14-11(3,4)8-12/h9-10,13H,5-8H2,1-4H3. The molecule has 84 valence electrons. The Labute approximate surface area is 87.1 Å². The Balaban J connectivity index is 2.45. The van der Waals surface area contributed by atoms with Gasteiger partial charge in [0.05, 0.1) is 17.8 Å². The fourth-order valence-electron chi connectivity index (χ4n) is 2.15. The molecule has 0 amide bonds. The molecule has 0 spiro atoms. The van der Waals surface area contributed by atoms with Crippen LogP contribution in [0.4, 0.5) is 0 Å². The number of aliphatic hydroxyl groups is 1. The summed E-state index contributed by atoms with van der Waals surface area (Å²) in [6.07, 6.45) is 0.894. The van der Waals surface area contributed by atoms with Gasteiger partial charge in [-0.05, 0) is 27.2 Å². The van der Waals surface area contributed by atoms with E-state index in [4.69, 9.17) is 4.74 Å². The molecule has 0 aromatic carbocycles. The van der Waals surface area contributed by atoms with Crippen molar-refractivity contribution in [2.24, 2.45) is 0 Å². The van der Waals surface area contributed by atoms with Crippen LogP contribution in [0.5, 0.6) is 0 Å². The van der Waals surface area contributed by atoms with E-state index >= 15 is 0 Å². The molecule has 1 N–H and O–H groups in total. The van der Waals surface area contributed by atoms with Crippen molar-refractivity contribution in [3.05, 3.63) is 0 Å². The molecule has 3 nitrogen and oxygen atoms in total. The second kappa shape index (κ2) is 4.60. The van der Waals surface area contributed by atoms with Crippen LogP contribution in [0.25, 0.3) is 0 Å². The summed E-state index contributed by atoms with van der Waals surface area (Å²) >= 11 is 0. The number of aliphatic hydroxyl groups excluding tert-OH is 1. The lowest BCUT2D eigenvalue weighted by Crippen LogP contribution is -2.53. The van der Waals surface area contributed by atoms with Gasteiger partial charge in [0.25, 0.3) is 0 Å². The van der Waals surface area contributed by atoms with Gasteiger partial charge in [-0.25, -0.2) is 0 Å². The van der Waals surface area contributed by atoms with E-state index in [0.717, 1.165) is 26.1 Å². The summed E-state index contributed by atoms with van der Waals surface area (Å²) in [4.78, 5) is 2.29. The fourth-order valence-corrected chi connectivity index (χ4v) is 2.15. The van der Waals surface area contributed by atoms with Gasteiger partial charge in [-0.1, -0.05) is 6.92 Å². The van der Waals surface area contributed by atoms with Crippen LogP contribution < -0.4 is 0 Å². The Morgan fingerprint density at radius 3 is 2.71 bits per heavy atom. The predicted octanol–water partition coefficient (Wildman–Crippen LogP) is 1.26. The highest BCUT2D eigenvalue weighted by molar-refractivity contribution is 4.83. The first kappa shape index (κ1) is 12.0. The van der Waals surface area contributed by atoms with Crippen molar-refractivity contribution < 1.29 is 9.84 Å². The molecule has 14 heavy (non-hydrogen) atoms. The highest BCUT2D eigenvalue weighted by Gasteiger charge is 2.31. The van der Waals surface area contributed by atoms with Gasteiger partial charge in [-0.3, -0.25) is 4.90 Å². The second-order valence-electron chi connectivity index (χ2n) is 4.94. The third-order valence-electron chi connectivity index (χ3n) is 2.58. The molecule has 1 saturated heterocycles. The number of hydrogen-bond acceptors (Lipinski definition) is 3. The van der Waals surface area contributed by atoms with E-state index in [1.807, 2.05) is 6.92 Å². The van der Waals surface area contributed by atoms with Gasteiger partial charge in [0.15, 0.2) is 0 Å². The van der Waals surface area contributed by atoms with Gasteiger partial charge in [-0.15, -0.1) is 0 Å². The van der Waals surface area contributed by atoms with Gasteiger partial charge in [-0.2, -0.15) is 0 Å². The van der Waals surface area contributed by atoms with Crippen LogP contribution in [-0.4, -0.2) is 47.4 Å². The molecule has 0 aromatic heterocycles. The first-order valence-corrected chi connectivity index (χ1v) is 5.51. The zero-order valence-corrected chi connectivity index (χ0v) is 9.79. The number of nitrogens with zero attached hydrogens (tertiary/aromatic N) is 1. The van der Waals surface area contributed by atoms with E-state index in [2.05, 4.69) is 25.7 Å².